The predicted molar refractivity (Wildman–Crippen MR) is 107 cm³/mol. The molecule has 0 spiro atoms. The Labute approximate surface area is 164 Å². The average molecular weight is 387 g/mol. The van der Waals surface area contributed by atoms with Crippen molar-refractivity contribution < 1.29 is 9.90 Å². The lowest BCUT2D eigenvalue weighted by Gasteiger charge is -2.51. The van der Waals surface area contributed by atoms with Crippen LogP contribution in [0.1, 0.15) is 24.1 Å². The number of amides is 2. The number of aryl methyl sites for hydroxylation is 1. The first-order valence-electron chi connectivity index (χ1n) is 9.50. The molecule has 0 saturated carbocycles. The van der Waals surface area contributed by atoms with E-state index in [0.29, 0.717) is 19.6 Å². The highest BCUT2D eigenvalue weighted by Gasteiger charge is 2.46. The summed E-state index contributed by atoms with van der Waals surface area (Å²) in [5.74, 6) is 0.263. The van der Waals surface area contributed by atoms with Crippen molar-refractivity contribution in [3.05, 3.63) is 47.7 Å². The van der Waals surface area contributed by atoms with E-state index < -0.39 is 5.60 Å². The van der Waals surface area contributed by atoms with Crippen LogP contribution in [0, 0.1) is 12.8 Å². The van der Waals surface area contributed by atoms with Gasteiger partial charge in [-0.3, -0.25) is 5.32 Å². The third-order valence-electron chi connectivity index (χ3n) is 5.67. The minimum Gasteiger partial charge on any atom is -0.386 e. The Morgan fingerprint density at radius 2 is 2.11 bits per heavy atom. The third-order valence-corrected chi connectivity index (χ3v) is 6.47. The number of urea groups is 1. The fraction of sp³-hybridized carbons (Fsp3) is 0.500. The van der Waals surface area contributed by atoms with Gasteiger partial charge in [-0.25, -0.2) is 4.79 Å². The smallest absolute Gasteiger partial charge is 0.322 e. The van der Waals surface area contributed by atoms with E-state index in [0.717, 1.165) is 42.2 Å². The summed E-state index contributed by atoms with van der Waals surface area (Å²) in [6, 6.07) is 11.6. The van der Waals surface area contributed by atoms with E-state index in [2.05, 4.69) is 14.6 Å². The first kappa shape index (κ1) is 18.4. The maximum Gasteiger partial charge on any atom is 0.322 e. The monoisotopic (exact) mass is 386 g/mol. The lowest BCUT2D eigenvalue weighted by molar-refractivity contribution is -0.121. The fourth-order valence-electron chi connectivity index (χ4n) is 4.26. The zero-order valence-electron chi connectivity index (χ0n) is 15.6. The molecule has 3 saturated heterocycles. The van der Waals surface area contributed by atoms with Crippen LogP contribution in [0.4, 0.5) is 9.80 Å². The number of rotatable bonds is 5. The van der Waals surface area contributed by atoms with Crippen LogP contribution in [0.2, 0.25) is 0 Å². The quantitative estimate of drug-likeness (QED) is 0.829. The highest BCUT2D eigenvalue weighted by atomic mass is 32.1. The van der Waals surface area contributed by atoms with E-state index in [9.17, 15) is 9.90 Å². The summed E-state index contributed by atoms with van der Waals surface area (Å²) in [5.41, 5.74) is 1.10. The number of benzene rings is 1. The van der Waals surface area contributed by atoms with Crippen molar-refractivity contribution in [1.82, 2.24) is 14.2 Å². The molecular formula is C20H26N4O2S. The Bertz CT molecular complexity index is 788. The maximum absolute atomic E-state index is 13.0. The molecule has 27 heavy (non-hydrogen) atoms. The Kier molecular flexibility index (Phi) is 5.16. The molecule has 4 heterocycles. The molecular weight excluding hydrogens is 360 g/mol. The zero-order valence-corrected chi connectivity index (χ0v) is 16.4. The van der Waals surface area contributed by atoms with Gasteiger partial charge in [-0.2, -0.15) is 4.37 Å². The van der Waals surface area contributed by atoms with Crippen molar-refractivity contribution in [3.8, 4) is 0 Å². The fourth-order valence-corrected chi connectivity index (χ4v) is 4.92. The molecule has 2 amide bonds. The van der Waals surface area contributed by atoms with Gasteiger partial charge in [0.2, 0.25) is 0 Å². The molecule has 1 atom stereocenters. The summed E-state index contributed by atoms with van der Waals surface area (Å²) in [4.78, 5) is 17.1. The molecule has 3 fully saturated rings. The zero-order chi connectivity index (χ0) is 18.9. The largest absolute Gasteiger partial charge is 0.386 e. The number of hydrogen-bond donors (Lipinski definition) is 2. The van der Waals surface area contributed by atoms with Crippen molar-refractivity contribution >= 4 is 22.6 Å². The van der Waals surface area contributed by atoms with Crippen LogP contribution in [0.25, 0.3) is 0 Å². The summed E-state index contributed by atoms with van der Waals surface area (Å²) in [6.45, 7) is 5.47. The number of anilines is 1. The second-order valence-corrected chi connectivity index (χ2v) is 8.56. The Morgan fingerprint density at radius 3 is 2.70 bits per heavy atom. The average Bonchev–Trinajstić information content (AvgIpc) is 3.07. The Hall–Kier alpha value is -1.96. The first-order chi connectivity index (χ1) is 13.0. The number of nitrogens with zero attached hydrogens (tertiary/aromatic N) is 3. The summed E-state index contributed by atoms with van der Waals surface area (Å²) < 4.78 is 4.23. The SMILES string of the molecule is Cc1cc(NC(=O)N(Cc2ccccc2)CC2(O)CN3CCC2CC3)sn1. The minimum absolute atomic E-state index is 0.188. The van der Waals surface area contributed by atoms with Crippen LogP contribution in [0.3, 0.4) is 0 Å². The lowest BCUT2D eigenvalue weighted by Crippen LogP contribution is -2.63. The number of nitrogens with one attached hydrogen (secondary N) is 1. The predicted octanol–water partition coefficient (Wildman–Crippen LogP) is 2.94. The van der Waals surface area contributed by atoms with Crippen LogP contribution in [-0.2, 0) is 6.54 Å². The van der Waals surface area contributed by atoms with Crippen molar-refractivity contribution in [2.24, 2.45) is 5.92 Å². The van der Waals surface area contributed by atoms with Crippen LogP contribution < -0.4 is 5.32 Å². The van der Waals surface area contributed by atoms with Gasteiger partial charge in [-0.1, -0.05) is 30.3 Å². The number of fused-ring (bicyclic) bond motifs is 3. The van der Waals surface area contributed by atoms with Crippen LogP contribution in [0.5, 0.6) is 0 Å². The Balaban J connectivity index is 1.53. The van der Waals surface area contributed by atoms with Gasteiger partial charge in [0.25, 0.3) is 0 Å². The highest BCUT2D eigenvalue weighted by molar-refractivity contribution is 7.10. The third kappa shape index (κ3) is 4.15. The number of carbonyl (C=O) groups excluding carboxylic acids is 1. The molecule has 6 nitrogen and oxygen atoms in total. The van der Waals surface area contributed by atoms with Crippen molar-refractivity contribution in [1.29, 1.82) is 0 Å². The van der Waals surface area contributed by atoms with Crippen molar-refractivity contribution in [2.45, 2.75) is 31.9 Å². The van der Waals surface area contributed by atoms with Gasteiger partial charge in [0.15, 0.2) is 0 Å². The number of aromatic nitrogens is 1. The molecule has 1 aromatic carbocycles. The second kappa shape index (κ2) is 7.58. The van der Waals surface area contributed by atoms with Gasteiger partial charge in [-0.15, -0.1) is 0 Å². The van der Waals surface area contributed by atoms with Gasteiger partial charge in [0.05, 0.1) is 17.8 Å². The summed E-state index contributed by atoms with van der Waals surface area (Å²) in [5, 5.41) is 15.0. The van der Waals surface area contributed by atoms with Gasteiger partial charge in [0, 0.05) is 13.1 Å². The van der Waals surface area contributed by atoms with Gasteiger partial charge in [0.1, 0.15) is 5.00 Å². The van der Waals surface area contributed by atoms with E-state index in [-0.39, 0.29) is 11.9 Å². The van der Waals surface area contributed by atoms with Crippen LogP contribution in [0.15, 0.2) is 36.4 Å². The Morgan fingerprint density at radius 1 is 1.37 bits per heavy atom. The number of carbonyl (C=O) groups is 1. The van der Waals surface area contributed by atoms with Crippen LogP contribution in [-0.4, -0.2) is 57.1 Å². The standard InChI is InChI=1S/C20H26N4O2S/c1-15-11-18(27-22-15)21-19(25)24(12-16-5-3-2-4-6-16)14-20(26)13-23-9-7-17(20)8-10-23/h2-6,11,17,26H,7-10,12-14H2,1H3,(H,21,25). The molecule has 1 unspecified atom stereocenters. The van der Waals surface area contributed by atoms with E-state index >= 15 is 0 Å². The van der Waals surface area contributed by atoms with E-state index in [1.54, 1.807) is 4.90 Å². The summed E-state index contributed by atoms with van der Waals surface area (Å²) in [6.07, 6.45) is 2.01. The second-order valence-electron chi connectivity index (χ2n) is 7.76. The normalized spacial score (nSPS) is 26.7. The molecule has 3 aliphatic rings. The summed E-state index contributed by atoms with van der Waals surface area (Å²) in [7, 11) is 0. The molecule has 3 aliphatic heterocycles. The van der Waals surface area contributed by atoms with Gasteiger partial charge < -0.3 is 14.9 Å². The van der Waals surface area contributed by atoms with Gasteiger partial charge >= 0.3 is 6.03 Å². The van der Waals surface area contributed by atoms with Gasteiger partial charge in [-0.05, 0) is 61.9 Å². The number of hydrogen-bond acceptors (Lipinski definition) is 5. The lowest BCUT2D eigenvalue weighted by atomic mass is 9.75. The van der Waals surface area contributed by atoms with E-state index in [4.69, 9.17) is 0 Å². The maximum atomic E-state index is 13.0. The topological polar surface area (TPSA) is 68.7 Å². The molecule has 2 aromatic rings. The van der Waals surface area contributed by atoms with Crippen LogP contribution >= 0.6 is 11.5 Å². The van der Waals surface area contributed by atoms with Crippen molar-refractivity contribution in [2.75, 3.05) is 31.5 Å². The molecule has 1 aromatic heterocycles. The molecule has 0 aliphatic carbocycles. The molecule has 2 N–H and O–H groups in total. The number of piperidine rings is 3. The summed E-state index contributed by atoms with van der Waals surface area (Å²) >= 11 is 1.28. The molecule has 144 valence electrons. The minimum atomic E-state index is -0.841. The molecule has 0 radical (unpaired) electrons. The van der Waals surface area contributed by atoms with E-state index in [1.807, 2.05) is 43.3 Å². The van der Waals surface area contributed by atoms with E-state index in [1.165, 1.54) is 11.5 Å². The molecule has 5 rings (SSSR count). The first-order valence-corrected chi connectivity index (χ1v) is 10.3. The molecule has 7 heteroatoms. The highest BCUT2D eigenvalue weighted by Crippen LogP contribution is 2.36. The van der Waals surface area contributed by atoms with Crippen molar-refractivity contribution in [3.63, 3.8) is 0 Å². The number of aliphatic hydroxyl groups is 1. The molecule has 2 bridgehead atoms.